The van der Waals surface area contributed by atoms with Gasteiger partial charge in [-0.1, -0.05) is 29.8 Å². The zero-order chi connectivity index (χ0) is 14.1. The van der Waals surface area contributed by atoms with Gasteiger partial charge in [-0.05, 0) is 45.7 Å². The van der Waals surface area contributed by atoms with Crippen LogP contribution in [0.25, 0.3) is 0 Å². The van der Waals surface area contributed by atoms with E-state index in [1.165, 1.54) is 6.07 Å². The van der Waals surface area contributed by atoms with Crippen LogP contribution in [-0.4, -0.2) is 12.1 Å². The fourth-order valence-electron chi connectivity index (χ4n) is 2.58. The number of rotatable bonds is 3. The first-order valence-corrected chi connectivity index (χ1v) is 7.06. The first-order chi connectivity index (χ1) is 8.84. The molecule has 2 rings (SSSR count). The van der Waals surface area contributed by atoms with Crippen molar-refractivity contribution in [2.45, 2.75) is 44.6 Å². The van der Waals surface area contributed by atoms with Crippen LogP contribution in [0.5, 0.6) is 0 Å². The van der Waals surface area contributed by atoms with Crippen molar-refractivity contribution in [3.05, 3.63) is 46.8 Å². The van der Waals surface area contributed by atoms with Gasteiger partial charge in [-0.25, -0.2) is 4.39 Å². The Labute approximate surface area is 119 Å². The standard InChI is InChI=1S/C16H21ClFN/c1-15(2,3)19-11-16(9-4-5-10-16)14-12(17)7-6-8-13(14)18/h4-8,19H,9-11H2,1-3H3. The van der Waals surface area contributed by atoms with E-state index in [4.69, 9.17) is 11.6 Å². The van der Waals surface area contributed by atoms with Gasteiger partial charge in [-0.3, -0.25) is 0 Å². The van der Waals surface area contributed by atoms with Crippen LogP contribution in [0.2, 0.25) is 5.02 Å². The van der Waals surface area contributed by atoms with Crippen LogP contribution in [0.1, 0.15) is 39.2 Å². The highest BCUT2D eigenvalue weighted by Crippen LogP contribution is 2.41. The summed E-state index contributed by atoms with van der Waals surface area (Å²) in [5.41, 5.74) is 0.404. The molecule has 0 spiro atoms. The number of allylic oxidation sites excluding steroid dienone is 2. The van der Waals surface area contributed by atoms with E-state index in [1.54, 1.807) is 12.1 Å². The van der Waals surface area contributed by atoms with Crippen molar-refractivity contribution in [3.63, 3.8) is 0 Å². The molecule has 0 radical (unpaired) electrons. The molecule has 1 nitrogen and oxygen atoms in total. The summed E-state index contributed by atoms with van der Waals surface area (Å²) in [4.78, 5) is 0. The summed E-state index contributed by atoms with van der Waals surface area (Å²) >= 11 is 6.25. The number of halogens is 2. The molecule has 0 atom stereocenters. The molecular weight excluding hydrogens is 261 g/mol. The average Bonchev–Trinajstić information content (AvgIpc) is 2.75. The van der Waals surface area contributed by atoms with E-state index in [0.717, 1.165) is 19.4 Å². The molecule has 0 saturated carbocycles. The molecule has 0 fully saturated rings. The molecule has 0 bridgehead atoms. The molecule has 0 aromatic heterocycles. The highest BCUT2D eigenvalue weighted by Gasteiger charge is 2.37. The second kappa shape index (κ2) is 5.26. The zero-order valence-corrected chi connectivity index (χ0v) is 12.5. The molecule has 0 heterocycles. The quantitative estimate of drug-likeness (QED) is 0.807. The van der Waals surface area contributed by atoms with E-state index in [2.05, 4.69) is 38.2 Å². The topological polar surface area (TPSA) is 12.0 Å². The van der Waals surface area contributed by atoms with E-state index < -0.39 is 0 Å². The molecule has 0 saturated heterocycles. The van der Waals surface area contributed by atoms with Crippen molar-refractivity contribution in [2.24, 2.45) is 0 Å². The fraction of sp³-hybridized carbons (Fsp3) is 0.500. The third kappa shape index (κ3) is 3.18. The molecule has 1 aliphatic carbocycles. The SMILES string of the molecule is CC(C)(C)NCC1(c2c(F)cccc2Cl)CC=CC1. The lowest BCUT2D eigenvalue weighted by molar-refractivity contribution is 0.332. The van der Waals surface area contributed by atoms with Gasteiger partial charge in [0.1, 0.15) is 5.82 Å². The smallest absolute Gasteiger partial charge is 0.128 e. The number of hydrogen-bond acceptors (Lipinski definition) is 1. The van der Waals surface area contributed by atoms with Crippen LogP contribution in [0, 0.1) is 5.82 Å². The first kappa shape index (κ1) is 14.5. The lowest BCUT2D eigenvalue weighted by Gasteiger charge is -2.34. The number of benzene rings is 1. The molecule has 3 heteroatoms. The van der Waals surface area contributed by atoms with Crippen LogP contribution in [0.4, 0.5) is 4.39 Å². The van der Waals surface area contributed by atoms with Gasteiger partial charge in [0.25, 0.3) is 0 Å². The summed E-state index contributed by atoms with van der Waals surface area (Å²) in [5.74, 6) is -0.202. The van der Waals surface area contributed by atoms with E-state index in [0.29, 0.717) is 10.6 Å². The molecule has 0 amide bonds. The molecule has 19 heavy (non-hydrogen) atoms. The number of nitrogens with one attached hydrogen (secondary N) is 1. The van der Waals surface area contributed by atoms with E-state index in [9.17, 15) is 4.39 Å². The minimum Gasteiger partial charge on any atom is -0.311 e. The minimum absolute atomic E-state index is 0.00726. The fourth-order valence-corrected chi connectivity index (χ4v) is 2.94. The van der Waals surface area contributed by atoms with Gasteiger partial charge in [0.15, 0.2) is 0 Å². The highest BCUT2D eigenvalue weighted by atomic mass is 35.5. The molecule has 1 aromatic carbocycles. The van der Waals surface area contributed by atoms with E-state index >= 15 is 0 Å². The molecule has 1 N–H and O–H groups in total. The Morgan fingerprint density at radius 2 is 1.89 bits per heavy atom. The molecular formula is C16H21ClFN. The van der Waals surface area contributed by atoms with Gasteiger partial charge < -0.3 is 5.32 Å². The van der Waals surface area contributed by atoms with Crippen molar-refractivity contribution in [3.8, 4) is 0 Å². The van der Waals surface area contributed by atoms with Gasteiger partial charge in [-0.15, -0.1) is 0 Å². The van der Waals surface area contributed by atoms with Gasteiger partial charge in [0.2, 0.25) is 0 Å². The third-order valence-corrected chi connectivity index (χ3v) is 3.95. The lowest BCUT2D eigenvalue weighted by atomic mass is 9.77. The Bertz CT molecular complexity index is 460. The first-order valence-electron chi connectivity index (χ1n) is 6.69. The summed E-state index contributed by atoms with van der Waals surface area (Å²) in [6.07, 6.45) is 5.90. The average molecular weight is 282 g/mol. The normalized spacial score (nSPS) is 17.9. The van der Waals surface area contributed by atoms with Crippen LogP contribution in [0.15, 0.2) is 30.4 Å². The van der Waals surface area contributed by atoms with E-state index in [1.807, 2.05) is 0 Å². The maximum absolute atomic E-state index is 14.2. The molecule has 0 unspecified atom stereocenters. The Morgan fingerprint density at radius 1 is 1.26 bits per heavy atom. The van der Waals surface area contributed by atoms with Gasteiger partial charge in [-0.2, -0.15) is 0 Å². The predicted molar refractivity (Wildman–Crippen MR) is 79.2 cm³/mol. The van der Waals surface area contributed by atoms with Gasteiger partial charge in [0, 0.05) is 28.1 Å². The van der Waals surface area contributed by atoms with Gasteiger partial charge in [0.05, 0.1) is 0 Å². The van der Waals surface area contributed by atoms with Crippen LogP contribution >= 0.6 is 11.6 Å². The molecule has 0 aliphatic heterocycles. The predicted octanol–water partition coefficient (Wildman–Crippen LogP) is 4.46. The molecule has 1 aromatic rings. The van der Waals surface area contributed by atoms with Crippen molar-refractivity contribution in [1.29, 1.82) is 0 Å². The van der Waals surface area contributed by atoms with Crippen LogP contribution < -0.4 is 5.32 Å². The van der Waals surface area contributed by atoms with Crippen LogP contribution in [-0.2, 0) is 5.41 Å². The Morgan fingerprint density at radius 3 is 2.42 bits per heavy atom. The summed E-state index contributed by atoms with van der Waals surface area (Å²) in [6.45, 7) is 7.08. The third-order valence-electron chi connectivity index (χ3n) is 3.63. The summed E-state index contributed by atoms with van der Waals surface area (Å²) < 4.78 is 14.2. The zero-order valence-electron chi connectivity index (χ0n) is 11.8. The Kier molecular flexibility index (Phi) is 4.03. The summed E-state index contributed by atoms with van der Waals surface area (Å²) in [5, 5.41) is 4.02. The monoisotopic (exact) mass is 281 g/mol. The maximum Gasteiger partial charge on any atom is 0.128 e. The lowest BCUT2D eigenvalue weighted by Crippen LogP contribution is -2.45. The van der Waals surface area contributed by atoms with E-state index in [-0.39, 0.29) is 16.8 Å². The number of hydrogen-bond donors (Lipinski definition) is 1. The second-order valence-corrected chi connectivity index (χ2v) is 6.77. The van der Waals surface area contributed by atoms with Gasteiger partial charge >= 0.3 is 0 Å². The Balaban J connectivity index is 2.35. The summed E-state index contributed by atoms with van der Waals surface area (Å²) in [6, 6.07) is 4.93. The molecule has 1 aliphatic rings. The second-order valence-electron chi connectivity index (χ2n) is 6.36. The summed E-state index contributed by atoms with van der Waals surface area (Å²) in [7, 11) is 0. The van der Waals surface area contributed by atoms with Crippen molar-refractivity contribution in [2.75, 3.05) is 6.54 Å². The Hall–Kier alpha value is -0.860. The molecule has 104 valence electrons. The van der Waals surface area contributed by atoms with Crippen molar-refractivity contribution < 1.29 is 4.39 Å². The van der Waals surface area contributed by atoms with Crippen LogP contribution in [0.3, 0.4) is 0 Å². The highest BCUT2D eigenvalue weighted by molar-refractivity contribution is 6.31. The largest absolute Gasteiger partial charge is 0.311 e. The maximum atomic E-state index is 14.2. The van der Waals surface area contributed by atoms with Crippen molar-refractivity contribution in [1.82, 2.24) is 5.32 Å². The minimum atomic E-state index is -0.254. The van der Waals surface area contributed by atoms with Crippen molar-refractivity contribution >= 4 is 11.6 Å².